The maximum atomic E-state index is 11.1. The number of methoxy groups -OCH3 is 1. The SMILES string of the molecule is COC(=O)CSc1nnc(Cn2ccc(C)n2)n1C. The molecule has 0 N–H and O–H groups in total. The Morgan fingerprint density at radius 3 is 2.89 bits per heavy atom. The number of hydrogen-bond donors (Lipinski definition) is 0. The average molecular weight is 281 g/mol. The molecular formula is C11H15N5O2S. The van der Waals surface area contributed by atoms with Crippen molar-refractivity contribution in [1.29, 1.82) is 0 Å². The number of carbonyl (C=O) groups excluding carboxylic acids is 1. The second-order valence-corrected chi connectivity index (χ2v) is 4.92. The van der Waals surface area contributed by atoms with Crippen LogP contribution in [0.25, 0.3) is 0 Å². The molecule has 0 radical (unpaired) electrons. The van der Waals surface area contributed by atoms with Crippen molar-refractivity contribution in [2.45, 2.75) is 18.6 Å². The monoisotopic (exact) mass is 281 g/mol. The minimum Gasteiger partial charge on any atom is -0.468 e. The van der Waals surface area contributed by atoms with Crippen LogP contribution in [0.15, 0.2) is 17.4 Å². The Morgan fingerprint density at radius 1 is 1.47 bits per heavy atom. The van der Waals surface area contributed by atoms with Crippen LogP contribution in [0.3, 0.4) is 0 Å². The van der Waals surface area contributed by atoms with Crippen molar-refractivity contribution in [2.75, 3.05) is 12.9 Å². The van der Waals surface area contributed by atoms with E-state index in [-0.39, 0.29) is 11.7 Å². The number of thioether (sulfide) groups is 1. The Bertz CT molecular complexity index is 577. The van der Waals surface area contributed by atoms with E-state index in [1.165, 1.54) is 18.9 Å². The second-order valence-electron chi connectivity index (χ2n) is 3.98. The molecule has 19 heavy (non-hydrogen) atoms. The number of aryl methyl sites for hydroxylation is 1. The third-order valence-electron chi connectivity index (χ3n) is 2.55. The average Bonchev–Trinajstić information content (AvgIpc) is 2.95. The molecule has 7 nitrogen and oxygen atoms in total. The number of carbonyl (C=O) groups is 1. The van der Waals surface area contributed by atoms with Crippen LogP contribution in [0.5, 0.6) is 0 Å². The van der Waals surface area contributed by atoms with Crippen LogP contribution in [0.1, 0.15) is 11.5 Å². The van der Waals surface area contributed by atoms with Gasteiger partial charge in [0.2, 0.25) is 0 Å². The summed E-state index contributed by atoms with van der Waals surface area (Å²) in [6.07, 6.45) is 1.89. The number of nitrogens with zero attached hydrogens (tertiary/aromatic N) is 5. The van der Waals surface area contributed by atoms with E-state index < -0.39 is 0 Å². The van der Waals surface area contributed by atoms with Crippen molar-refractivity contribution in [3.8, 4) is 0 Å². The lowest BCUT2D eigenvalue weighted by Crippen LogP contribution is -2.08. The van der Waals surface area contributed by atoms with E-state index in [0.717, 1.165) is 11.5 Å². The van der Waals surface area contributed by atoms with E-state index in [9.17, 15) is 4.79 Å². The summed E-state index contributed by atoms with van der Waals surface area (Å²) in [5, 5.41) is 13.1. The third kappa shape index (κ3) is 3.34. The van der Waals surface area contributed by atoms with Gasteiger partial charge in [-0.2, -0.15) is 5.10 Å². The van der Waals surface area contributed by atoms with Gasteiger partial charge in [-0.25, -0.2) is 0 Å². The van der Waals surface area contributed by atoms with Gasteiger partial charge in [0.1, 0.15) is 6.54 Å². The van der Waals surface area contributed by atoms with Gasteiger partial charge in [-0.1, -0.05) is 11.8 Å². The highest BCUT2D eigenvalue weighted by Crippen LogP contribution is 2.16. The summed E-state index contributed by atoms with van der Waals surface area (Å²) in [6, 6.07) is 1.93. The third-order valence-corrected chi connectivity index (χ3v) is 3.54. The molecule has 0 aliphatic carbocycles. The van der Waals surface area contributed by atoms with E-state index in [2.05, 4.69) is 20.0 Å². The fourth-order valence-electron chi connectivity index (χ4n) is 1.49. The fraction of sp³-hybridized carbons (Fsp3) is 0.455. The molecule has 0 saturated carbocycles. The van der Waals surface area contributed by atoms with Gasteiger partial charge in [0.25, 0.3) is 0 Å². The summed E-state index contributed by atoms with van der Waals surface area (Å²) in [4.78, 5) is 11.1. The van der Waals surface area contributed by atoms with Crippen LogP contribution in [-0.2, 0) is 23.1 Å². The van der Waals surface area contributed by atoms with Gasteiger partial charge in [-0.05, 0) is 13.0 Å². The minimum absolute atomic E-state index is 0.226. The molecule has 0 aromatic carbocycles. The molecule has 0 atom stereocenters. The summed E-state index contributed by atoms with van der Waals surface area (Å²) in [5.41, 5.74) is 0.961. The molecule has 102 valence electrons. The molecule has 0 unspecified atom stereocenters. The first-order valence-electron chi connectivity index (χ1n) is 5.68. The van der Waals surface area contributed by atoms with Crippen molar-refractivity contribution in [3.05, 3.63) is 23.8 Å². The standard InChI is InChI=1S/C11H15N5O2S/c1-8-4-5-16(14-8)6-9-12-13-11(15(9)2)19-7-10(17)18-3/h4-5H,6-7H2,1-3H3. The van der Waals surface area contributed by atoms with Gasteiger partial charge in [0, 0.05) is 13.2 Å². The van der Waals surface area contributed by atoms with Crippen molar-refractivity contribution in [2.24, 2.45) is 7.05 Å². The topological polar surface area (TPSA) is 74.8 Å². The van der Waals surface area contributed by atoms with Crippen LogP contribution in [0, 0.1) is 6.92 Å². The first-order valence-corrected chi connectivity index (χ1v) is 6.66. The van der Waals surface area contributed by atoms with Crippen LogP contribution >= 0.6 is 11.8 Å². The largest absolute Gasteiger partial charge is 0.468 e. The molecule has 2 aromatic rings. The predicted octanol–water partition coefficient (Wildman–Crippen LogP) is 0.633. The van der Waals surface area contributed by atoms with Crippen LogP contribution in [-0.4, -0.2) is 43.4 Å². The van der Waals surface area contributed by atoms with E-state index in [4.69, 9.17) is 0 Å². The molecule has 2 rings (SSSR count). The first kappa shape index (κ1) is 13.6. The molecule has 2 heterocycles. The Labute approximate surface area is 115 Å². The van der Waals surface area contributed by atoms with Crippen molar-refractivity contribution >= 4 is 17.7 Å². The molecule has 2 aromatic heterocycles. The maximum absolute atomic E-state index is 11.1. The van der Waals surface area contributed by atoms with E-state index in [1.807, 2.05) is 30.8 Å². The molecule has 0 spiro atoms. The highest BCUT2D eigenvalue weighted by molar-refractivity contribution is 7.99. The van der Waals surface area contributed by atoms with Gasteiger partial charge < -0.3 is 9.30 Å². The Balaban J connectivity index is 2.03. The Morgan fingerprint density at radius 2 is 2.26 bits per heavy atom. The second kappa shape index (κ2) is 5.87. The summed E-state index contributed by atoms with van der Waals surface area (Å²) in [7, 11) is 3.23. The summed E-state index contributed by atoms with van der Waals surface area (Å²) < 4.78 is 8.24. The molecule has 8 heteroatoms. The summed E-state index contributed by atoms with van der Waals surface area (Å²) >= 11 is 1.30. The zero-order chi connectivity index (χ0) is 13.8. The van der Waals surface area contributed by atoms with Crippen molar-refractivity contribution in [3.63, 3.8) is 0 Å². The van der Waals surface area contributed by atoms with E-state index >= 15 is 0 Å². The maximum Gasteiger partial charge on any atom is 0.316 e. The van der Waals surface area contributed by atoms with Gasteiger partial charge in [-0.3, -0.25) is 9.48 Å². The van der Waals surface area contributed by atoms with Crippen molar-refractivity contribution in [1.82, 2.24) is 24.5 Å². The van der Waals surface area contributed by atoms with Gasteiger partial charge in [0.05, 0.1) is 18.6 Å². The normalized spacial score (nSPS) is 10.7. The van der Waals surface area contributed by atoms with Gasteiger partial charge in [-0.15, -0.1) is 10.2 Å². The molecule has 0 bridgehead atoms. The number of aromatic nitrogens is 5. The Kier molecular flexibility index (Phi) is 4.20. The minimum atomic E-state index is -0.280. The van der Waals surface area contributed by atoms with Crippen LogP contribution < -0.4 is 0 Å². The lowest BCUT2D eigenvalue weighted by atomic mass is 10.5. The lowest BCUT2D eigenvalue weighted by Gasteiger charge is -2.03. The number of hydrogen-bond acceptors (Lipinski definition) is 6. The summed E-state index contributed by atoms with van der Waals surface area (Å²) in [6.45, 7) is 2.49. The number of esters is 1. The highest BCUT2D eigenvalue weighted by Gasteiger charge is 2.12. The predicted molar refractivity (Wildman–Crippen MR) is 69.8 cm³/mol. The Hall–Kier alpha value is -1.83. The zero-order valence-electron chi connectivity index (χ0n) is 11.0. The van der Waals surface area contributed by atoms with Gasteiger partial charge >= 0.3 is 5.97 Å². The smallest absolute Gasteiger partial charge is 0.316 e. The quantitative estimate of drug-likeness (QED) is 0.591. The van der Waals surface area contributed by atoms with E-state index in [1.54, 1.807) is 4.68 Å². The fourth-order valence-corrected chi connectivity index (χ4v) is 2.25. The molecular weight excluding hydrogens is 266 g/mol. The van der Waals surface area contributed by atoms with E-state index in [0.29, 0.717) is 11.7 Å². The molecule has 0 aliphatic rings. The molecule has 0 saturated heterocycles. The first-order chi connectivity index (χ1) is 9.10. The number of ether oxygens (including phenoxy) is 1. The highest BCUT2D eigenvalue weighted by atomic mass is 32.2. The lowest BCUT2D eigenvalue weighted by molar-refractivity contribution is -0.137. The van der Waals surface area contributed by atoms with Gasteiger partial charge in [0.15, 0.2) is 11.0 Å². The molecule has 0 fully saturated rings. The van der Waals surface area contributed by atoms with Crippen LogP contribution in [0.4, 0.5) is 0 Å². The van der Waals surface area contributed by atoms with Crippen LogP contribution in [0.2, 0.25) is 0 Å². The molecule has 0 aliphatic heterocycles. The number of rotatable bonds is 5. The molecule has 0 amide bonds. The zero-order valence-corrected chi connectivity index (χ0v) is 11.8. The summed E-state index contributed by atoms with van der Waals surface area (Å²) in [5.74, 6) is 0.733. The van der Waals surface area contributed by atoms with Crippen molar-refractivity contribution < 1.29 is 9.53 Å².